The number of halogens is 2. The van der Waals surface area contributed by atoms with Crippen molar-refractivity contribution in [1.29, 1.82) is 0 Å². The molecule has 1 aromatic heterocycles. The number of nitrogens with zero attached hydrogens (tertiary/aromatic N) is 4. The summed E-state index contributed by atoms with van der Waals surface area (Å²) in [4.78, 5) is 26.3. The van der Waals surface area contributed by atoms with Crippen LogP contribution in [0.15, 0.2) is 24.5 Å². The van der Waals surface area contributed by atoms with Gasteiger partial charge in [-0.1, -0.05) is 36.2 Å². The van der Waals surface area contributed by atoms with Crippen LogP contribution in [0.4, 0.5) is 5.82 Å². The molecule has 154 valence electrons. The molecule has 1 fully saturated rings. The molecule has 0 bridgehead atoms. The van der Waals surface area contributed by atoms with E-state index >= 15 is 0 Å². The predicted molar refractivity (Wildman–Crippen MR) is 116 cm³/mol. The number of aryl methyl sites for hydroxylation is 1. The Balaban J connectivity index is 1.46. The van der Waals surface area contributed by atoms with Gasteiger partial charge in [0.25, 0.3) is 0 Å². The van der Waals surface area contributed by atoms with Crippen LogP contribution in [-0.4, -0.2) is 53.5 Å². The maximum absolute atomic E-state index is 13.1. The topological polar surface area (TPSA) is 75.4 Å². The second kappa shape index (κ2) is 8.46. The number of hydrogen-bond acceptors (Lipinski definition) is 5. The Morgan fingerprint density at radius 1 is 1.21 bits per heavy atom. The molecular weight excluding hydrogens is 409 g/mol. The van der Waals surface area contributed by atoms with Gasteiger partial charge in [0.15, 0.2) is 0 Å². The van der Waals surface area contributed by atoms with Crippen molar-refractivity contribution >= 4 is 34.9 Å². The molecule has 29 heavy (non-hydrogen) atoms. The number of nitrogens with two attached hydrogens (primary N) is 1. The van der Waals surface area contributed by atoms with Crippen molar-refractivity contribution in [3.05, 3.63) is 51.4 Å². The van der Waals surface area contributed by atoms with Gasteiger partial charge in [-0.15, -0.1) is 0 Å². The Hall–Kier alpha value is -1.89. The third-order valence-corrected chi connectivity index (χ3v) is 6.76. The van der Waals surface area contributed by atoms with Gasteiger partial charge in [-0.05, 0) is 36.5 Å². The number of aromatic nitrogens is 2. The van der Waals surface area contributed by atoms with Crippen molar-refractivity contribution in [2.75, 3.05) is 37.6 Å². The number of benzene rings is 1. The lowest BCUT2D eigenvalue weighted by Gasteiger charge is -2.37. The van der Waals surface area contributed by atoms with Crippen molar-refractivity contribution < 1.29 is 4.79 Å². The fraction of sp³-hybridized carbons (Fsp3) is 0.476. The maximum Gasteiger partial charge on any atom is 0.231 e. The summed E-state index contributed by atoms with van der Waals surface area (Å²) < 4.78 is 0. The smallest absolute Gasteiger partial charge is 0.231 e. The molecule has 1 saturated heterocycles. The van der Waals surface area contributed by atoms with Crippen LogP contribution in [0, 0.1) is 0 Å². The molecule has 4 rings (SSSR count). The van der Waals surface area contributed by atoms with E-state index in [2.05, 4.69) is 21.8 Å². The van der Waals surface area contributed by atoms with Crippen molar-refractivity contribution in [3.63, 3.8) is 0 Å². The zero-order valence-corrected chi connectivity index (χ0v) is 18.0. The van der Waals surface area contributed by atoms with Gasteiger partial charge >= 0.3 is 0 Å². The summed E-state index contributed by atoms with van der Waals surface area (Å²) in [5.41, 5.74) is 9.20. The van der Waals surface area contributed by atoms with Crippen LogP contribution >= 0.6 is 23.2 Å². The summed E-state index contributed by atoms with van der Waals surface area (Å²) in [6.45, 7) is 5.25. The van der Waals surface area contributed by atoms with E-state index in [9.17, 15) is 4.79 Å². The van der Waals surface area contributed by atoms with E-state index in [0.717, 1.165) is 37.3 Å². The monoisotopic (exact) mass is 433 g/mol. The number of carbonyl (C=O) groups excluding carboxylic acids is 1. The summed E-state index contributed by atoms with van der Waals surface area (Å²) in [7, 11) is 0. The number of carbonyl (C=O) groups is 1. The van der Waals surface area contributed by atoms with E-state index in [1.54, 1.807) is 18.5 Å². The molecule has 2 atom stereocenters. The molecule has 2 heterocycles. The van der Waals surface area contributed by atoms with Crippen LogP contribution in [0.3, 0.4) is 0 Å². The first kappa shape index (κ1) is 20.4. The van der Waals surface area contributed by atoms with Crippen LogP contribution in [0.1, 0.15) is 42.0 Å². The normalized spacial score (nSPS) is 19.9. The highest BCUT2D eigenvalue weighted by Gasteiger charge is 2.31. The highest BCUT2D eigenvalue weighted by atomic mass is 35.5. The van der Waals surface area contributed by atoms with Gasteiger partial charge in [-0.2, -0.15) is 0 Å². The molecule has 1 unspecified atom stereocenters. The number of piperazine rings is 1. The summed E-state index contributed by atoms with van der Waals surface area (Å²) >= 11 is 12.1. The Kier molecular flexibility index (Phi) is 5.95. The Bertz CT molecular complexity index is 914. The highest BCUT2D eigenvalue weighted by molar-refractivity contribution is 6.42. The lowest BCUT2D eigenvalue weighted by Crippen LogP contribution is -2.51. The molecule has 0 saturated carbocycles. The maximum atomic E-state index is 13.1. The fourth-order valence-corrected chi connectivity index (χ4v) is 4.65. The number of amides is 1. The minimum atomic E-state index is -0.417. The van der Waals surface area contributed by atoms with Gasteiger partial charge in [0.2, 0.25) is 5.91 Å². The highest BCUT2D eigenvalue weighted by Crippen LogP contribution is 2.37. The fourth-order valence-electron chi connectivity index (χ4n) is 4.34. The number of fused-ring (bicyclic) bond motifs is 1. The standard InChI is InChI=1S/C21H25Cl2N5O/c1-13-2-5-18-19(13)20(26-12-25-18)27-6-8-28(9-7-27)21(29)15(11-24)14-3-4-16(22)17(23)10-14/h3-4,10,12-13,15H,2,5-9,11,24H2,1H3/t13-,15?/m1/s1. The minimum Gasteiger partial charge on any atom is -0.353 e. The van der Waals surface area contributed by atoms with Crippen LogP contribution in [0.25, 0.3) is 0 Å². The van der Waals surface area contributed by atoms with E-state index in [4.69, 9.17) is 28.9 Å². The van der Waals surface area contributed by atoms with Gasteiger partial charge < -0.3 is 15.5 Å². The molecule has 1 aliphatic carbocycles. The van der Waals surface area contributed by atoms with Crippen LogP contribution in [0.2, 0.25) is 10.0 Å². The van der Waals surface area contributed by atoms with Crippen molar-refractivity contribution in [2.45, 2.75) is 31.6 Å². The molecule has 0 radical (unpaired) electrons. The third-order valence-electron chi connectivity index (χ3n) is 6.02. The van der Waals surface area contributed by atoms with Gasteiger partial charge in [0.1, 0.15) is 12.1 Å². The first-order valence-electron chi connectivity index (χ1n) is 10.0. The molecule has 6 nitrogen and oxygen atoms in total. The molecule has 1 amide bonds. The van der Waals surface area contributed by atoms with Crippen molar-refractivity contribution in [2.24, 2.45) is 5.73 Å². The largest absolute Gasteiger partial charge is 0.353 e. The zero-order chi connectivity index (χ0) is 20.5. The molecule has 2 N–H and O–H groups in total. The lowest BCUT2D eigenvalue weighted by atomic mass is 9.97. The number of rotatable bonds is 4. The average molecular weight is 434 g/mol. The molecule has 0 spiro atoms. The zero-order valence-electron chi connectivity index (χ0n) is 16.4. The lowest BCUT2D eigenvalue weighted by molar-refractivity contribution is -0.132. The Labute approximate surface area is 181 Å². The molecular formula is C21H25Cl2N5O. The van der Waals surface area contributed by atoms with Crippen LogP contribution < -0.4 is 10.6 Å². The number of hydrogen-bond donors (Lipinski definition) is 1. The summed E-state index contributed by atoms with van der Waals surface area (Å²) in [5, 5.41) is 0.908. The van der Waals surface area contributed by atoms with E-state index in [1.165, 1.54) is 11.3 Å². The van der Waals surface area contributed by atoms with Gasteiger partial charge in [0, 0.05) is 44.0 Å². The van der Waals surface area contributed by atoms with Crippen molar-refractivity contribution in [1.82, 2.24) is 14.9 Å². The first-order chi connectivity index (χ1) is 14.0. The summed E-state index contributed by atoms with van der Waals surface area (Å²) in [6, 6.07) is 5.27. The van der Waals surface area contributed by atoms with E-state index in [0.29, 0.717) is 29.1 Å². The second-order valence-electron chi connectivity index (χ2n) is 7.77. The predicted octanol–water partition coefficient (Wildman–Crippen LogP) is 3.22. The van der Waals surface area contributed by atoms with E-state index in [-0.39, 0.29) is 12.5 Å². The Morgan fingerprint density at radius 3 is 2.66 bits per heavy atom. The average Bonchev–Trinajstić information content (AvgIpc) is 3.12. The minimum absolute atomic E-state index is 0.0341. The summed E-state index contributed by atoms with van der Waals surface area (Å²) in [6.07, 6.45) is 3.81. The van der Waals surface area contributed by atoms with Crippen LogP contribution in [-0.2, 0) is 11.2 Å². The quantitative estimate of drug-likeness (QED) is 0.800. The Morgan fingerprint density at radius 2 is 1.97 bits per heavy atom. The molecule has 8 heteroatoms. The van der Waals surface area contributed by atoms with E-state index < -0.39 is 5.92 Å². The van der Waals surface area contributed by atoms with Gasteiger partial charge in [0.05, 0.1) is 16.0 Å². The summed E-state index contributed by atoms with van der Waals surface area (Å²) in [5.74, 6) is 1.13. The SMILES string of the molecule is C[C@@H]1CCc2ncnc(N3CCN(C(=O)C(CN)c4ccc(Cl)c(Cl)c4)CC3)c21. The van der Waals surface area contributed by atoms with Crippen molar-refractivity contribution in [3.8, 4) is 0 Å². The van der Waals surface area contributed by atoms with Gasteiger partial charge in [-0.25, -0.2) is 9.97 Å². The van der Waals surface area contributed by atoms with E-state index in [1.807, 2.05) is 11.0 Å². The van der Waals surface area contributed by atoms with Gasteiger partial charge in [-0.3, -0.25) is 4.79 Å². The molecule has 2 aliphatic rings. The number of anilines is 1. The van der Waals surface area contributed by atoms with Crippen LogP contribution in [0.5, 0.6) is 0 Å². The third kappa shape index (κ3) is 3.93. The molecule has 1 aromatic carbocycles. The molecule has 2 aromatic rings. The second-order valence-corrected chi connectivity index (χ2v) is 8.59. The first-order valence-corrected chi connectivity index (χ1v) is 10.8. The molecule has 1 aliphatic heterocycles.